The van der Waals surface area contributed by atoms with Crippen LogP contribution < -0.4 is 5.73 Å². The zero-order chi connectivity index (χ0) is 45.4. The standard InChI is InChI=1S/C63H44N4S/c64-62(45-25-12-4-13-26-45)66-63(65-41-42-19-6-1-7-20-42)55-40-47(54-39-46(43-21-8-2-9-22-43)33-35-49(54)44-23-10-3-11-24-44)34-36-50(55)52-30-18-32-57-59(52)60-58(68-57)38-37-53-51-29-16-17-31-56(51)67(61(53)60)48-27-14-5-15-28-48/h1-40H,41H2,(H2,64,65,66). The van der Waals surface area contributed by atoms with E-state index in [2.05, 4.69) is 211 Å². The fourth-order valence-corrected chi connectivity index (χ4v) is 10.9. The number of aromatic nitrogens is 1. The van der Waals surface area contributed by atoms with E-state index in [1.807, 2.05) is 47.7 Å². The van der Waals surface area contributed by atoms with E-state index in [1.54, 1.807) is 0 Å². The van der Waals surface area contributed by atoms with Crippen LogP contribution in [0.4, 0.5) is 0 Å². The van der Waals surface area contributed by atoms with E-state index in [-0.39, 0.29) is 0 Å². The van der Waals surface area contributed by atoms with Crippen molar-refractivity contribution in [3.8, 4) is 50.2 Å². The van der Waals surface area contributed by atoms with Gasteiger partial charge in [0.1, 0.15) is 5.84 Å². The van der Waals surface area contributed by atoms with Crippen LogP contribution in [0.25, 0.3) is 92.2 Å². The normalized spacial score (nSPS) is 12.1. The molecule has 4 nitrogen and oxygen atoms in total. The maximum Gasteiger partial charge on any atom is 0.157 e. The molecule has 5 heteroatoms. The molecule has 0 fully saturated rings. The number of hydrogen-bond acceptors (Lipinski definition) is 2. The third kappa shape index (κ3) is 7.45. The van der Waals surface area contributed by atoms with Gasteiger partial charge < -0.3 is 10.3 Å². The fourth-order valence-electron chi connectivity index (χ4n) is 9.74. The summed E-state index contributed by atoms with van der Waals surface area (Å²) in [6.45, 7) is 0.424. The summed E-state index contributed by atoms with van der Waals surface area (Å²) in [6, 6.07) is 86.1. The van der Waals surface area contributed by atoms with E-state index < -0.39 is 0 Å². The smallest absolute Gasteiger partial charge is 0.157 e. The zero-order valence-electron chi connectivity index (χ0n) is 37.1. The molecule has 0 radical (unpaired) electrons. The van der Waals surface area contributed by atoms with Gasteiger partial charge >= 0.3 is 0 Å². The quantitative estimate of drug-likeness (QED) is 0.114. The van der Waals surface area contributed by atoms with Crippen molar-refractivity contribution in [1.82, 2.24) is 4.57 Å². The lowest BCUT2D eigenvalue weighted by Gasteiger charge is -2.18. The Morgan fingerprint density at radius 2 is 1.07 bits per heavy atom. The third-order valence-electron chi connectivity index (χ3n) is 12.9. The molecule has 0 atom stereocenters. The number of rotatable bonds is 9. The van der Waals surface area contributed by atoms with Crippen LogP contribution in [0.1, 0.15) is 16.7 Å². The van der Waals surface area contributed by atoms with Gasteiger partial charge in [-0.1, -0.05) is 200 Å². The maximum atomic E-state index is 7.01. The molecule has 0 saturated carbocycles. The number of amidine groups is 2. The molecule has 322 valence electrons. The molecule has 0 unspecified atom stereocenters. The summed E-state index contributed by atoms with van der Waals surface area (Å²) in [5, 5.41) is 4.87. The van der Waals surface area contributed by atoms with Gasteiger partial charge in [-0.3, -0.25) is 4.99 Å². The third-order valence-corrected chi connectivity index (χ3v) is 14.1. The Kier molecular flexibility index (Phi) is 10.6. The molecule has 0 bridgehead atoms. The predicted octanol–water partition coefficient (Wildman–Crippen LogP) is 16.2. The van der Waals surface area contributed by atoms with Gasteiger partial charge in [0.05, 0.1) is 17.6 Å². The highest BCUT2D eigenvalue weighted by Gasteiger charge is 2.23. The van der Waals surface area contributed by atoms with Crippen LogP contribution in [-0.2, 0) is 6.54 Å². The molecule has 0 amide bonds. The minimum absolute atomic E-state index is 0.401. The number of benzene rings is 10. The number of fused-ring (bicyclic) bond motifs is 7. The van der Waals surface area contributed by atoms with E-state index in [4.69, 9.17) is 15.7 Å². The second-order valence-corrected chi connectivity index (χ2v) is 18.1. The van der Waals surface area contributed by atoms with Gasteiger partial charge in [-0.15, -0.1) is 11.3 Å². The summed E-state index contributed by atoms with van der Waals surface area (Å²) < 4.78 is 4.89. The van der Waals surface area contributed by atoms with Gasteiger partial charge in [-0.05, 0) is 92.5 Å². The van der Waals surface area contributed by atoms with Gasteiger partial charge in [0.25, 0.3) is 0 Å². The van der Waals surface area contributed by atoms with Crippen molar-refractivity contribution in [2.75, 3.05) is 0 Å². The number of thiophene rings is 1. The van der Waals surface area contributed by atoms with Crippen LogP contribution in [0.3, 0.4) is 0 Å². The lowest BCUT2D eigenvalue weighted by molar-refractivity contribution is 1.06. The van der Waals surface area contributed by atoms with Crippen molar-refractivity contribution in [3.05, 3.63) is 259 Å². The first kappa shape index (κ1) is 40.8. The Bertz CT molecular complexity index is 3850. The van der Waals surface area contributed by atoms with Crippen LogP contribution in [0.5, 0.6) is 0 Å². The topological polar surface area (TPSA) is 55.7 Å². The summed E-state index contributed by atoms with van der Waals surface area (Å²) in [7, 11) is 0. The van der Waals surface area contributed by atoms with Crippen LogP contribution in [-0.4, -0.2) is 16.2 Å². The highest BCUT2D eigenvalue weighted by atomic mass is 32.1. The Labute approximate surface area is 399 Å². The fraction of sp³-hybridized carbons (Fsp3) is 0.0159. The summed E-state index contributed by atoms with van der Waals surface area (Å²) in [5.74, 6) is 0.964. The molecule has 0 aliphatic carbocycles. The number of aliphatic imine (C=N–C) groups is 2. The minimum Gasteiger partial charge on any atom is -0.383 e. The molecular weight excluding hydrogens is 845 g/mol. The Balaban J connectivity index is 1.17. The van der Waals surface area contributed by atoms with Gasteiger partial charge in [0.15, 0.2) is 5.84 Å². The molecular formula is C63H44N4S. The molecule has 68 heavy (non-hydrogen) atoms. The predicted molar refractivity (Wildman–Crippen MR) is 289 cm³/mol. The SMILES string of the molecule is NC(=NC(=NCc1ccccc1)c1cc(-c2cc(-c3ccccc3)ccc2-c2ccccc2)ccc1-c1cccc2sc3ccc4c5ccccc5n(-c5ccccc5)c4c3c12)c1ccccc1. The highest BCUT2D eigenvalue weighted by Crippen LogP contribution is 2.47. The average molecular weight is 889 g/mol. The van der Waals surface area contributed by atoms with Crippen molar-refractivity contribution < 1.29 is 0 Å². The van der Waals surface area contributed by atoms with Gasteiger partial charge in [-0.25, -0.2) is 4.99 Å². The van der Waals surface area contributed by atoms with Crippen molar-refractivity contribution in [2.24, 2.45) is 15.7 Å². The Hall–Kier alpha value is -8.64. The van der Waals surface area contributed by atoms with Gasteiger partial charge in [-0.2, -0.15) is 0 Å². The Morgan fingerprint density at radius 1 is 0.441 bits per heavy atom. The highest BCUT2D eigenvalue weighted by molar-refractivity contribution is 7.26. The van der Waals surface area contributed by atoms with Crippen LogP contribution >= 0.6 is 11.3 Å². The van der Waals surface area contributed by atoms with Gasteiger partial charge in [0.2, 0.25) is 0 Å². The molecule has 12 rings (SSSR count). The minimum atomic E-state index is 0.401. The second-order valence-electron chi connectivity index (χ2n) is 17.0. The molecule has 0 spiro atoms. The van der Waals surface area contributed by atoms with Crippen LogP contribution in [0.2, 0.25) is 0 Å². The van der Waals surface area contributed by atoms with E-state index in [0.717, 1.165) is 66.9 Å². The van der Waals surface area contributed by atoms with E-state index in [9.17, 15) is 0 Å². The van der Waals surface area contributed by atoms with E-state index in [1.165, 1.54) is 42.0 Å². The largest absolute Gasteiger partial charge is 0.383 e. The number of nitrogens with two attached hydrogens (primary N) is 1. The molecule has 0 aliphatic rings. The summed E-state index contributed by atoms with van der Waals surface area (Å²) in [6.07, 6.45) is 0. The van der Waals surface area contributed by atoms with Gasteiger partial charge in [0, 0.05) is 47.8 Å². The lowest BCUT2D eigenvalue weighted by Crippen LogP contribution is -2.17. The molecule has 2 aromatic heterocycles. The molecule has 12 aromatic rings. The number of hydrogen-bond donors (Lipinski definition) is 1. The van der Waals surface area contributed by atoms with Crippen molar-refractivity contribution in [2.45, 2.75) is 6.54 Å². The second kappa shape index (κ2) is 17.6. The molecule has 2 heterocycles. The number of para-hydroxylation sites is 2. The average Bonchev–Trinajstić information content (AvgIpc) is 3.97. The molecule has 0 aliphatic heterocycles. The van der Waals surface area contributed by atoms with E-state index >= 15 is 0 Å². The molecule has 0 saturated heterocycles. The van der Waals surface area contributed by atoms with Crippen molar-refractivity contribution in [1.29, 1.82) is 0 Å². The number of nitrogens with zero attached hydrogens (tertiary/aromatic N) is 3. The van der Waals surface area contributed by atoms with Crippen LogP contribution in [0, 0.1) is 0 Å². The maximum absolute atomic E-state index is 7.01. The summed E-state index contributed by atoms with van der Waals surface area (Å²) >= 11 is 1.84. The molecule has 10 aromatic carbocycles. The first-order valence-corrected chi connectivity index (χ1v) is 23.8. The van der Waals surface area contributed by atoms with Crippen molar-refractivity contribution in [3.63, 3.8) is 0 Å². The molecule has 2 N–H and O–H groups in total. The lowest BCUT2D eigenvalue weighted by atomic mass is 9.87. The first-order valence-electron chi connectivity index (χ1n) is 23.0. The summed E-state index contributed by atoms with van der Waals surface area (Å²) in [4.78, 5) is 10.7. The van der Waals surface area contributed by atoms with Crippen LogP contribution in [0.15, 0.2) is 253 Å². The zero-order valence-corrected chi connectivity index (χ0v) is 37.9. The van der Waals surface area contributed by atoms with Crippen molar-refractivity contribution >= 4 is 65.0 Å². The summed E-state index contributed by atoms with van der Waals surface area (Å²) in [5.41, 5.74) is 22.2. The Morgan fingerprint density at radius 3 is 1.84 bits per heavy atom. The first-order chi connectivity index (χ1) is 33.7. The van der Waals surface area contributed by atoms with E-state index in [0.29, 0.717) is 18.2 Å². The monoisotopic (exact) mass is 888 g/mol.